The van der Waals surface area contributed by atoms with Crippen molar-refractivity contribution in [1.82, 2.24) is 0 Å². The average molecular weight is 284 g/mol. The van der Waals surface area contributed by atoms with Crippen molar-refractivity contribution < 1.29 is 10.2 Å². The van der Waals surface area contributed by atoms with Gasteiger partial charge in [-0.1, -0.05) is 26.0 Å². The number of phenolic OH excluding ortho intramolecular Hbond substituents is 2. The normalized spacial score (nSPS) is 11.2. The molecule has 2 rings (SSSR count). The predicted octanol–water partition coefficient (Wildman–Crippen LogP) is 5.12. The molecule has 0 aliphatic rings. The van der Waals surface area contributed by atoms with Crippen molar-refractivity contribution in [3.8, 4) is 22.6 Å². The smallest absolute Gasteiger partial charge is 0.127 e. The summed E-state index contributed by atoms with van der Waals surface area (Å²) in [6.07, 6.45) is 0. The molecule has 0 aromatic heterocycles. The van der Waals surface area contributed by atoms with Crippen molar-refractivity contribution in [2.75, 3.05) is 0 Å². The van der Waals surface area contributed by atoms with E-state index in [9.17, 15) is 10.2 Å². The first-order chi connectivity index (χ1) is 9.75. The molecule has 0 saturated heterocycles. The molecule has 112 valence electrons. The lowest BCUT2D eigenvalue weighted by molar-refractivity contribution is 0.461. The van der Waals surface area contributed by atoms with Crippen LogP contribution in [0.5, 0.6) is 11.5 Å². The SMILES string of the molecule is Cc1ccc(O)c(-c2c(C)c(C)cc(C(C)C)c2O)c1C. The molecule has 0 amide bonds. The number of phenols is 2. The Morgan fingerprint density at radius 1 is 0.810 bits per heavy atom. The van der Waals surface area contributed by atoms with E-state index in [1.807, 2.05) is 39.8 Å². The largest absolute Gasteiger partial charge is 0.507 e. The van der Waals surface area contributed by atoms with Gasteiger partial charge in [0.25, 0.3) is 0 Å². The molecule has 2 heteroatoms. The van der Waals surface area contributed by atoms with E-state index in [-0.39, 0.29) is 17.4 Å². The minimum Gasteiger partial charge on any atom is -0.507 e. The molecule has 0 bridgehead atoms. The van der Waals surface area contributed by atoms with E-state index in [2.05, 4.69) is 13.8 Å². The average Bonchev–Trinajstić information content (AvgIpc) is 2.41. The Hall–Kier alpha value is -1.96. The summed E-state index contributed by atoms with van der Waals surface area (Å²) in [6, 6.07) is 5.65. The van der Waals surface area contributed by atoms with Crippen LogP contribution < -0.4 is 0 Å². The lowest BCUT2D eigenvalue weighted by Gasteiger charge is -2.20. The zero-order valence-corrected chi connectivity index (χ0v) is 13.7. The zero-order chi connectivity index (χ0) is 15.9. The van der Waals surface area contributed by atoms with Crippen molar-refractivity contribution in [2.45, 2.75) is 47.5 Å². The number of aryl methyl sites for hydroxylation is 2. The molecule has 0 spiro atoms. The van der Waals surface area contributed by atoms with E-state index in [0.717, 1.165) is 38.9 Å². The molecule has 2 nitrogen and oxygen atoms in total. The lowest BCUT2D eigenvalue weighted by Crippen LogP contribution is -1.98. The number of hydrogen-bond acceptors (Lipinski definition) is 2. The van der Waals surface area contributed by atoms with E-state index in [1.165, 1.54) is 0 Å². The summed E-state index contributed by atoms with van der Waals surface area (Å²) in [7, 11) is 0. The molecule has 0 fully saturated rings. The van der Waals surface area contributed by atoms with Crippen LogP contribution in [0.15, 0.2) is 18.2 Å². The van der Waals surface area contributed by atoms with Crippen LogP contribution in [-0.2, 0) is 0 Å². The Kier molecular flexibility index (Phi) is 3.99. The molecule has 0 saturated carbocycles. The summed E-state index contributed by atoms with van der Waals surface area (Å²) in [5.74, 6) is 0.740. The molecule has 21 heavy (non-hydrogen) atoms. The summed E-state index contributed by atoms with van der Waals surface area (Å²) in [5.41, 5.74) is 6.69. The van der Waals surface area contributed by atoms with E-state index >= 15 is 0 Å². The zero-order valence-electron chi connectivity index (χ0n) is 13.7. The fourth-order valence-corrected chi connectivity index (χ4v) is 2.79. The van der Waals surface area contributed by atoms with Gasteiger partial charge in [0, 0.05) is 11.1 Å². The van der Waals surface area contributed by atoms with Crippen LogP contribution in [0.3, 0.4) is 0 Å². The maximum atomic E-state index is 10.7. The maximum absolute atomic E-state index is 10.7. The van der Waals surface area contributed by atoms with Crippen molar-refractivity contribution in [1.29, 1.82) is 0 Å². The van der Waals surface area contributed by atoms with Gasteiger partial charge in [-0.15, -0.1) is 0 Å². The predicted molar refractivity (Wildman–Crippen MR) is 88.2 cm³/mol. The second kappa shape index (κ2) is 5.44. The number of benzene rings is 2. The summed E-state index contributed by atoms with van der Waals surface area (Å²) < 4.78 is 0. The standard InChI is InChI=1S/C19H24O2/c1-10(2)15-9-12(4)14(6)18(19(15)21)17-13(5)11(3)7-8-16(17)20/h7-10,20-21H,1-6H3. The highest BCUT2D eigenvalue weighted by Gasteiger charge is 2.21. The van der Waals surface area contributed by atoms with E-state index in [0.29, 0.717) is 0 Å². The quantitative estimate of drug-likeness (QED) is 0.803. The first-order valence-electron chi connectivity index (χ1n) is 7.38. The number of rotatable bonds is 2. The molecule has 0 radical (unpaired) electrons. The third-order valence-corrected chi connectivity index (χ3v) is 4.43. The highest BCUT2D eigenvalue weighted by Crippen LogP contribution is 2.45. The molecular weight excluding hydrogens is 260 g/mol. The molecule has 0 heterocycles. The van der Waals surface area contributed by atoms with Crippen LogP contribution in [0.4, 0.5) is 0 Å². The summed E-state index contributed by atoms with van der Waals surface area (Å²) in [4.78, 5) is 0. The fourth-order valence-electron chi connectivity index (χ4n) is 2.79. The van der Waals surface area contributed by atoms with Crippen molar-refractivity contribution >= 4 is 0 Å². The van der Waals surface area contributed by atoms with Gasteiger partial charge in [-0.25, -0.2) is 0 Å². The Labute approximate surface area is 127 Å². The second-order valence-electron chi connectivity index (χ2n) is 6.19. The molecule has 2 N–H and O–H groups in total. The second-order valence-corrected chi connectivity index (χ2v) is 6.19. The van der Waals surface area contributed by atoms with Crippen LogP contribution in [0.2, 0.25) is 0 Å². The van der Waals surface area contributed by atoms with Gasteiger partial charge in [-0.2, -0.15) is 0 Å². The van der Waals surface area contributed by atoms with Crippen LogP contribution in [-0.4, -0.2) is 10.2 Å². The van der Waals surface area contributed by atoms with Gasteiger partial charge in [0.15, 0.2) is 0 Å². The molecular formula is C19H24O2. The van der Waals surface area contributed by atoms with Gasteiger partial charge >= 0.3 is 0 Å². The third-order valence-electron chi connectivity index (χ3n) is 4.43. The molecule has 0 aliphatic carbocycles. The van der Waals surface area contributed by atoms with E-state index in [4.69, 9.17) is 0 Å². The topological polar surface area (TPSA) is 40.5 Å². The third kappa shape index (κ3) is 2.51. The first-order valence-corrected chi connectivity index (χ1v) is 7.38. The van der Waals surface area contributed by atoms with Crippen LogP contribution in [0, 0.1) is 27.7 Å². The summed E-state index contributed by atoms with van der Waals surface area (Å²) in [5, 5.41) is 21.1. The number of aromatic hydroxyl groups is 2. The van der Waals surface area contributed by atoms with Crippen LogP contribution in [0.1, 0.15) is 47.6 Å². The van der Waals surface area contributed by atoms with E-state index < -0.39 is 0 Å². The van der Waals surface area contributed by atoms with Gasteiger partial charge in [0.05, 0.1) is 0 Å². The highest BCUT2D eigenvalue weighted by atomic mass is 16.3. The Morgan fingerprint density at radius 3 is 1.95 bits per heavy atom. The summed E-state index contributed by atoms with van der Waals surface area (Å²) in [6.45, 7) is 12.2. The molecule has 0 aliphatic heterocycles. The molecule has 2 aromatic carbocycles. The lowest BCUT2D eigenvalue weighted by atomic mass is 9.86. The van der Waals surface area contributed by atoms with Gasteiger partial charge in [-0.05, 0) is 67.5 Å². The van der Waals surface area contributed by atoms with Gasteiger partial charge in [0.1, 0.15) is 11.5 Å². The van der Waals surface area contributed by atoms with Crippen molar-refractivity contribution in [2.24, 2.45) is 0 Å². The molecule has 2 aromatic rings. The van der Waals surface area contributed by atoms with Crippen LogP contribution in [0.25, 0.3) is 11.1 Å². The minimum absolute atomic E-state index is 0.219. The van der Waals surface area contributed by atoms with Gasteiger partial charge in [0.2, 0.25) is 0 Å². The fraction of sp³-hybridized carbons (Fsp3) is 0.368. The molecule has 0 unspecified atom stereocenters. The number of hydrogen-bond donors (Lipinski definition) is 2. The first kappa shape index (κ1) is 15.4. The van der Waals surface area contributed by atoms with Crippen molar-refractivity contribution in [3.63, 3.8) is 0 Å². The van der Waals surface area contributed by atoms with Crippen LogP contribution >= 0.6 is 0 Å². The Morgan fingerprint density at radius 2 is 1.38 bits per heavy atom. The Bertz CT molecular complexity index is 697. The van der Waals surface area contributed by atoms with Gasteiger partial charge < -0.3 is 10.2 Å². The maximum Gasteiger partial charge on any atom is 0.127 e. The monoisotopic (exact) mass is 284 g/mol. The van der Waals surface area contributed by atoms with Crippen molar-refractivity contribution in [3.05, 3.63) is 46.0 Å². The van der Waals surface area contributed by atoms with E-state index in [1.54, 1.807) is 6.07 Å². The minimum atomic E-state index is 0.219. The summed E-state index contributed by atoms with van der Waals surface area (Å²) >= 11 is 0. The van der Waals surface area contributed by atoms with Gasteiger partial charge in [-0.3, -0.25) is 0 Å². The highest BCUT2D eigenvalue weighted by molar-refractivity contribution is 5.83. The molecule has 0 atom stereocenters. The Balaban J connectivity index is 2.91.